The Morgan fingerprint density at radius 3 is 2.58 bits per heavy atom. The average Bonchev–Trinajstić information content (AvgIpc) is 3.57. The highest BCUT2D eigenvalue weighted by Crippen LogP contribution is 2.29. The van der Waals surface area contributed by atoms with Crippen LogP contribution in [0.1, 0.15) is 50.7 Å². The number of pyridine rings is 1. The molecular formula is C28H34N8OS. The molecule has 198 valence electrons. The maximum absolute atomic E-state index is 13.4. The molecule has 0 spiro atoms. The van der Waals surface area contributed by atoms with Crippen molar-refractivity contribution in [3.63, 3.8) is 0 Å². The van der Waals surface area contributed by atoms with Gasteiger partial charge >= 0.3 is 0 Å². The molecule has 0 radical (unpaired) electrons. The van der Waals surface area contributed by atoms with Gasteiger partial charge in [-0.3, -0.25) is 9.69 Å². The molecule has 38 heavy (non-hydrogen) atoms. The second kappa shape index (κ2) is 11.7. The summed E-state index contributed by atoms with van der Waals surface area (Å²) in [7, 11) is 0. The first-order valence-electron chi connectivity index (χ1n) is 12.7. The molecule has 1 amide bonds. The molecule has 1 unspecified atom stereocenters. The van der Waals surface area contributed by atoms with Crippen LogP contribution in [-0.2, 0) is 0 Å². The molecule has 0 fully saturated rings. The first-order chi connectivity index (χ1) is 18.2. The highest BCUT2D eigenvalue weighted by molar-refractivity contribution is 7.13. The summed E-state index contributed by atoms with van der Waals surface area (Å²) in [5.74, 6) is -0.214. The molecule has 4 N–H and O–H groups in total. The van der Waals surface area contributed by atoms with Gasteiger partial charge in [0.05, 0.1) is 33.7 Å². The third kappa shape index (κ3) is 5.66. The molecule has 4 rings (SSSR count). The molecular weight excluding hydrogens is 496 g/mol. The Morgan fingerprint density at radius 1 is 1.18 bits per heavy atom. The number of hydrogen-bond donors (Lipinski definition) is 3. The van der Waals surface area contributed by atoms with Gasteiger partial charge in [-0.05, 0) is 63.5 Å². The molecule has 4 heterocycles. The summed E-state index contributed by atoms with van der Waals surface area (Å²) in [5.41, 5.74) is 11.0. The van der Waals surface area contributed by atoms with E-state index in [0.717, 1.165) is 23.7 Å². The quantitative estimate of drug-likeness (QED) is 0.255. The number of likely N-dealkylation sites (N-methyl/N-ethyl adjacent to an activating group) is 1. The molecule has 0 saturated heterocycles. The third-order valence-corrected chi connectivity index (χ3v) is 7.42. The number of thiophene rings is 1. The second-order valence-electron chi connectivity index (χ2n) is 9.21. The monoisotopic (exact) mass is 530 g/mol. The molecule has 9 nitrogen and oxygen atoms in total. The fraction of sp³-hybridized carbons (Fsp3) is 0.321. The van der Waals surface area contributed by atoms with E-state index >= 15 is 0 Å². The number of hydrogen-bond acceptors (Lipinski definition) is 8. The summed E-state index contributed by atoms with van der Waals surface area (Å²) in [6.07, 6.45) is 3.57. The van der Waals surface area contributed by atoms with Crippen LogP contribution in [0, 0.1) is 5.41 Å². The van der Waals surface area contributed by atoms with Crippen LogP contribution in [0.25, 0.3) is 33.0 Å². The summed E-state index contributed by atoms with van der Waals surface area (Å²) in [6.45, 7) is 12.1. The molecule has 10 heteroatoms. The lowest BCUT2D eigenvalue weighted by atomic mass is 10.0. The SMILES string of the molecule is CCN(CC)C(C)CNC(=O)c1cc(/C(C(C)=N)=C(\C)N)nc(-c2cnn3ccc(-c4cccs4)nc23)c1. The average molecular weight is 531 g/mol. The largest absolute Gasteiger partial charge is 0.402 e. The number of amides is 1. The number of nitrogens with zero attached hydrogens (tertiary/aromatic N) is 5. The van der Waals surface area contributed by atoms with Crippen molar-refractivity contribution >= 4 is 34.2 Å². The Bertz CT molecular complexity index is 1480. The topological polar surface area (TPSA) is 125 Å². The van der Waals surface area contributed by atoms with E-state index in [2.05, 4.69) is 36.1 Å². The predicted molar refractivity (Wildman–Crippen MR) is 154 cm³/mol. The van der Waals surface area contributed by atoms with E-state index in [-0.39, 0.29) is 17.7 Å². The Balaban J connectivity index is 1.80. The summed E-state index contributed by atoms with van der Waals surface area (Å²) in [6, 6.07) is 9.57. The molecule has 0 saturated carbocycles. The third-order valence-electron chi connectivity index (χ3n) is 6.53. The summed E-state index contributed by atoms with van der Waals surface area (Å²) in [4.78, 5) is 26.4. The van der Waals surface area contributed by atoms with Gasteiger partial charge in [-0.25, -0.2) is 14.5 Å². The van der Waals surface area contributed by atoms with E-state index in [9.17, 15) is 4.79 Å². The van der Waals surface area contributed by atoms with Crippen molar-refractivity contribution in [3.8, 4) is 21.8 Å². The van der Waals surface area contributed by atoms with Crippen molar-refractivity contribution in [1.29, 1.82) is 5.41 Å². The first-order valence-corrected chi connectivity index (χ1v) is 13.6. The fourth-order valence-electron chi connectivity index (χ4n) is 4.55. The summed E-state index contributed by atoms with van der Waals surface area (Å²) >= 11 is 1.61. The number of nitrogens with one attached hydrogen (secondary N) is 2. The van der Waals surface area contributed by atoms with E-state index in [1.165, 1.54) is 0 Å². The van der Waals surface area contributed by atoms with Crippen LogP contribution < -0.4 is 11.1 Å². The van der Waals surface area contributed by atoms with Gasteiger partial charge in [0.25, 0.3) is 5.91 Å². The van der Waals surface area contributed by atoms with Crippen LogP contribution in [0.2, 0.25) is 0 Å². The van der Waals surface area contributed by atoms with Crippen molar-refractivity contribution in [2.45, 2.75) is 40.7 Å². The number of nitrogens with two attached hydrogens (primary N) is 1. The number of carbonyl (C=O) groups is 1. The number of aromatic nitrogens is 4. The zero-order valence-electron chi connectivity index (χ0n) is 22.4. The van der Waals surface area contributed by atoms with Gasteiger partial charge < -0.3 is 16.5 Å². The highest BCUT2D eigenvalue weighted by Gasteiger charge is 2.20. The number of allylic oxidation sites excluding steroid dienone is 2. The number of fused-ring (bicyclic) bond motifs is 1. The lowest BCUT2D eigenvalue weighted by molar-refractivity contribution is 0.0938. The van der Waals surface area contributed by atoms with Crippen LogP contribution in [0.15, 0.2) is 53.8 Å². The Labute approximate surface area is 226 Å². The maximum atomic E-state index is 13.4. The Hall–Kier alpha value is -3.89. The fourth-order valence-corrected chi connectivity index (χ4v) is 5.24. The minimum absolute atomic E-state index is 0.194. The lowest BCUT2D eigenvalue weighted by Crippen LogP contribution is -2.42. The van der Waals surface area contributed by atoms with Crippen LogP contribution >= 0.6 is 11.3 Å². The normalized spacial score (nSPS) is 13.0. The Kier molecular flexibility index (Phi) is 8.33. The minimum Gasteiger partial charge on any atom is -0.402 e. The molecule has 1 atom stereocenters. The van der Waals surface area contributed by atoms with E-state index in [1.54, 1.807) is 48.0 Å². The smallest absolute Gasteiger partial charge is 0.251 e. The van der Waals surface area contributed by atoms with Crippen LogP contribution in [0.4, 0.5) is 0 Å². The molecule has 0 aliphatic rings. The van der Waals surface area contributed by atoms with Gasteiger partial charge in [0.1, 0.15) is 0 Å². The molecule has 0 bridgehead atoms. The minimum atomic E-state index is -0.214. The number of carbonyl (C=O) groups excluding carboxylic acids is 1. The summed E-state index contributed by atoms with van der Waals surface area (Å²) < 4.78 is 1.69. The van der Waals surface area contributed by atoms with Crippen LogP contribution in [-0.4, -0.2) is 61.8 Å². The van der Waals surface area contributed by atoms with Crippen molar-refractivity contribution in [2.75, 3.05) is 19.6 Å². The van der Waals surface area contributed by atoms with Crippen molar-refractivity contribution < 1.29 is 4.79 Å². The van der Waals surface area contributed by atoms with Crippen molar-refractivity contribution in [3.05, 3.63) is 65.1 Å². The molecule has 4 aromatic heterocycles. The van der Waals surface area contributed by atoms with Gasteiger partial charge in [-0.15, -0.1) is 11.3 Å². The van der Waals surface area contributed by atoms with Gasteiger partial charge in [0, 0.05) is 41.3 Å². The van der Waals surface area contributed by atoms with Gasteiger partial charge in [0.2, 0.25) is 0 Å². The van der Waals surface area contributed by atoms with E-state index in [0.29, 0.717) is 46.0 Å². The molecule has 0 aromatic carbocycles. The maximum Gasteiger partial charge on any atom is 0.251 e. The second-order valence-corrected chi connectivity index (χ2v) is 10.2. The van der Waals surface area contributed by atoms with Gasteiger partial charge in [-0.2, -0.15) is 5.10 Å². The summed E-state index contributed by atoms with van der Waals surface area (Å²) in [5, 5.41) is 17.8. The highest BCUT2D eigenvalue weighted by atomic mass is 32.1. The number of rotatable bonds is 10. The van der Waals surface area contributed by atoms with Crippen molar-refractivity contribution in [2.24, 2.45) is 5.73 Å². The van der Waals surface area contributed by atoms with Gasteiger partial charge in [-0.1, -0.05) is 19.9 Å². The van der Waals surface area contributed by atoms with Crippen molar-refractivity contribution in [1.82, 2.24) is 29.8 Å². The molecule has 0 aliphatic heterocycles. The van der Waals surface area contributed by atoms with Crippen LogP contribution in [0.3, 0.4) is 0 Å². The Morgan fingerprint density at radius 2 is 1.95 bits per heavy atom. The lowest BCUT2D eigenvalue weighted by Gasteiger charge is -2.26. The van der Waals surface area contributed by atoms with E-state index in [1.807, 2.05) is 29.8 Å². The predicted octanol–water partition coefficient (Wildman–Crippen LogP) is 4.71. The van der Waals surface area contributed by atoms with Gasteiger partial charge in [0.15, 0.2) is 5.65 Å². The van der Waals surface area contributed by atoms with Crippen LogP contribution in [0.5, 0.6) is 0 Å². The zero-order chi connectivity index (χ0) is 27.4. The molecule has 0 aliphatic carbocycles. The first kappa shape index (κ1) is 27.2. The standard InChI is InChI=1S/C28H34N8OS/c1-6-35(7-2)17(3)15-31-28(37)20-13-23(33-24(14-20)26(18(4)29)19(5)30)21-16-32-36-11-10-22(34-27(21)36)25-9-8-12-38-25/h8-14,16-17,29H,6-7,15,30H2,1-5H3,(H,31,37)/b26-19+,29-18?. The molecule has 4 aromatic rings. The zero-order valence-corrected chi connectivity index (χ0v) is 23.3. The van der Waals surface area contributed by atoms with E-state index in [4.69, 9.17) is 21.1 Å². The van der Waals surface area contributed by atoms with E-state index < -0.39 is 0 Å².